The zero-order valence-electron chi connectivity index (χ0n) is 16.7. The number of fused-ring (bicyclic) bond motifs is 2. The molecule has 0 spiro atoms. The topological polar surface area (TPSA) is 80.6 Å². The third-order valence-corrected chi connectivity index (χ3v) is 7.05. The third-order valence-electron chi connectivity index (χ3n) is 5.82. The Morgan fingerprint density at radius 1 is 1.33 bits per heavy atom. The summed E-state index contributed by atoms with van der Waals surface area (Å²) in [5.74, 6) is -0.551. The van der Waals surface area contributed by atoms with Gasteiger partial charge in [-0.25, -0.2) is 4.79 Å². The van der Waals surface area contributed by atoms with Gasteiger partial charge in [0.2, 0.25) is 5.43 Å². The summed E-state index contributed by atoms with van der Waals surface area (Å²) in [6.07, 6.45) is 4.44. The lowest BCUT2D eigenvalue weighted by Crippen LogP contribution is -2.31. The van der Waals surface area contributed by atoms with Crippen molar-refractivity contribution in [1.29, 1.82) is 0 Å². The number of rotatable bonds is 4. The van der Waals surface area contributed by atoms with Gasteiger partial charge in [0.1, 0.15) is 5.56 Å². The van der Waals surface area contributed by atoms with Gasteiger partial charge < -0.3 is 19.7 Å². The molecule has 1 unspecified atom stereocenters. The number of carbonyl (C=O) groups is 1. The second-order valence-electron chi connectivity index (χ2n) is 7.90. The Hall–Kier alpha value is -2.16. The van der Waals surface area contributed by atoms with Gasteiger partial charge in [0.25, 0.3) is 0 Å². The number of thiophene rings is 1. The highest BCUT2D eigenvalue weighted by Crippen LogP contribution is 2.44. The molecular formula is C22H23BrN2O4S. The van der Waals surface area contributed by atoms with Crippen molar-refractivity contribution in [2.24, 2.45) is 0 Å². The Morgan fingerprint density at radius 2 is 2.10 bits per heavy atom. The number of aromatic nitrogens is 1. The quantitative estimate of drug-likeness (QED) is 0.566. The van der Waals surface area contributed by atoms with Crippen molar-refractivity contribution in [2.45, 2.75) is 44.8 Å². The summed E-state index contributed by atoms with van der Waals surface area (Å²) in [4.78, 5) is 26.9. The third kappa shape index (κ3) is 3.36. The van der Waals surface area contributed by atoms with Crippen LogP contribution < -0.4 is 15.5 Å². The molecule has 3 heterocycles. The molecule has 2 aliphatic rings. The van der Waals surface area contributed by atoms with Crippen LogP contribution in [0.1, 0.15) is 46.6 Å². The standard InChI is InChI=1S/C22H22N2O4S.BrH/c1-11-7-17-12(9-23-11)8-18(29-17)14-5-6-15-19(21(14)28-2)24(13-3-4-13)10-16(20(15)25)22(26)27;/h5-6,8,10-11,13,23H,3-4,7,9H2,1-2H3,(H,26,27);1H. The van der Waals surface area contributed by atoms with Gasteiger partial charge in [0.15, 0.2) is 5.75 Å². The van der Waals surface area contributed by atoms with Gasteiger partial charge in [0, 0.05) is 40.1 Å². The largest absolute Gasteiger partial charge is 0.494 e. The van der Waals surface area contributed by atoms with Crippen molar-refractivity contribution in [3.05, 3.63) is 50.6 Å². The number of pyridine rings is 1. The summed E-state index contributed by atoms with van der Waals surface area (Å²) in [6, 6.07) is 6.51. The predicted molar refractivity (Wildman–Crippen MR) is 124 cm³/mol. The summed E-state index contributed by atoms with van der Waals surface area (Å²) in [5.41, 5.74) is 2.30. The lowest BCUT2D eigenvalue weighted by atomic mass is 10.0. The van der Waals surface area contributed by atoms with Crippen molar-refractivity contribution < 1.29 is 14.6 Å². The molecule has 0 amide bonds. The summed E-state index contributed by atoms with van der Waals surface area (Å²) < 4.78 is 7.75. The molecule has 158 valence electrons. The lowest BCUT2D eigenvalue weighted by Gasteiger charge is -2.19. The second kappa shape index (κ2) is 7.83. The molecule has 1 aliphatic carbocycles. The fraction of sp³-hybridized carbons (Fsp3) is 0.364. The Bertz CT molecular complexity index is 1210. The van der Waals surface area contributed by atoms with Crippen LogP contribution in [-0.2, 0) is 13.0 Å². The molecule has 1 saturated carbocycles. The molecule has 8 heteroatoms. The number of ether oxygens (including phenoxy) is 1. The van der Waals surface area contributed by atoms with Crippen LogP contribution in [0.3, 0.4) is 0 Å². The molecule has 5 rings (SSSR count). The molecule has 0 radical (unpaired) electrons. The zero-order chi connectivity index (χ0) is 20.3. The molecule has 1 fully saturated rings. The Balaban J connectivity index is 0.00000218. The Kier molecular flexibility index (Phi) is 5.50. The summed E-state index contributed by atoms with van der Waals surface area (Å²) in [7, 11) is 1.61. The predicted octanol–water partition coefficient (Wildman–Crippen LogP) is 4.38. The van der Waals surface area contributed by atoms with E-state index in [0.29, 0.717) is 22.7 Å². The molecule has 1 aromatic carbocycles. The first-order chi connectivity index (χ1) is 14.0. The number of carboxylic acids is 1. The smallest absolute Gasteiger partial charge is 0.341 e. The number of nitrogens with zero attached hydrogens (tertiary/aromatic N) is 1. The van der Waals surface area contributed by atoms with Crippen molar-refractivity contribution in [2.75, 3.05) is 7.11 Å². The van der Waals surface area contributed by atoms with Crippen molar-refractivity contribution in [3.8, 4) is 16.2 Å². The number of aromatic carboxylic acids is 1. The molecule has 1 aliphatic heterocycles. The van der Waals surface area contributed by atoms with E-state index < -0.39 is 11.4 Å². The van der Waals surface area contributed by atoms with Crippen LogP contribution in [0.15, 0.2) is 29.2 Å². The van der Waals surface area contributed by atoms with Crippen LogP contribution in [0.25, 0.3) is 21.3 Å². The molecular weight excluding hydrogens is 468 g/mol. The van der Waals surface area contributed by atoms with Gasteiger partial charge in [-0.15, -0.1) is 28.3 Å². The molecule has 3 aromatic rings. The van der Waals surface area contributed by atoms with Crippen LogP contribution in [-0.4, -0.2) is 28.8 Å². The lowest BCUT2D eigenvalue weighted by molar-refractivity contribution is 0.0695. The number of nitrogens with one attached hydrogen (secondary N) is 1. The maximum Gasteiger partial charge on any atom is 0.341 e. The van der Waals surface area contributed by atoms with Crippen molar-refractivity contribution >= 4 is 45.2 Å². The molecule has 2 N–H and O–H groups in total. The van der Waals surface area contributed by atoms with Crippen LogP contribution in [0.4, 0.5) is 0 Å². The number of benzene rings is 1. The molecule has 0 saturated heterocycles. The van der Waals surface area contributed by atoms with Crippen LogP contribution >= 0.6 is 28.3 Å². The van der Waals surface area contributed by atoms with E-state index in [1.165, 1.54) is 16.6 Å². The average Bonchev–Trinajstić information content (AvgIpc) is 3.46. The minimum absolute atomic E-state index is 0. The summed E-state index contributed by atoms with van der Waals surface area (Å²) in [5, 5.41) is 13.4. The highest BCUT2D eigenvalue weighted by Gasteiger charge is 2.29. The number of carboxylic acid groups (broad SMARTS) is 1. The first-order valence-corrected chi connectivity index (χ1v) is 10.6. The summed E-state index contributed by atoms with van der Waals surface area (Å²) >= 11 is 1.77. The molecule has 30 heavy (non-hydrogen) atoms. The van der Waals surface area contributed by atoms with Crippen LogP contribution in [0, 0.1) is 0 Å². The fourth-order valence-corrected chi connectivity index (χ4v) is 5.50. The van der Waals surface area contributed by atoms with Gasteiger partial charge in [0.05, 0.1) is 18.0 Å². The van der Waals surface area contributed by atoms with Gasteiger partial charge in [-0.1, -0.05) is 0 Å². The highest BCUT2D eigenvalue weighted by molar-refractivity contribution is 8.93. The fourth-order valence-electron chi connectivity index (χ4n) is 4.17. The van der Waals surface area contributed by atoms with Gasteiger partial charge in [-0.3, -0.25) is 4.79 Å². The molecule has 1 atom stereocenters. The van der Waals surface area contributed by atoms with E-state index in [0.717, 1.165) is 36.2 Å². The maximum absolute atomic E-state index is 12.8. The second-order valence-corrected chi connectivity index (χ2v) is 9.04. The monoisotopic (exact) mass is 490 g/mol. The SMILES string of the molecule is Br.COc1c(-c2cc3c(s2)CC(C)NC3)ccc2c(=O)c(C(=O)O)cn(C3CC3)c12. The van der Waals surface area contributed by atoms with Crippen molar-refractivity contribution in [1.82, 2.24) is 9.88 Å². The highest BCUT2D eigenvalue weighted by atomic mass is 79.9. The zero-order valence-corrected chi connectivity index (χ0v) is 19.3. The van der Waals surface area contributed by atoms with E-state index in [-0.39, 0.29) is 28.6 Å². The van der Waals surface area contributed by atoms with Crippen molar-refractivity contribution in [3.63, 3.8) is 0 Å². The average molecular weight is 491 g/mol. The molecule has 6 nitrogen and oxygen atoms in total. The molecule has 2 aromatic heterocycles. The van der Waals surface area contributed by atoms with E-state index in [2.05, 4.69) is 18.3 Å². The first-order valence-electron chi connectivity index (χ1n) is 9.82. The van der Waals surface area contributed by atoms with Gasteiger partial charge >= 0.3 is 5.97 Å². The normalized spacial score (nSPS) is 18.0. The van der Waals surface area contributed by atoms with E-state index in [1.807, 2.05) is 10.6 Å². The maximum atomic E-state index is 12.8. The summed E-state index contributed by atoms with van der Waals surface area (Å²) in [6.45, 7) is 3.05. The molecule has 0 bridgehead atoms. The van der Waals surface area contributed by atoms with E-state index in [9.17, 15) is 14.7 Å². The Morgan fingerprint density at radius 3 is 2.77 bits per heavy atom. The van der Waals surface area contributed by atoms with Crippen LogP contribution in [0.2, 0.25) is 0 Å². The first kappa shape index (κ1) is 21.1. The number of hydrogen-bond donors (Lipinski definition) is 2. The number of hydrogen-bond acceptors (Lipinski definition) is 5. The van der Waals surface area contributed by atoms with Gasteiger partial charge in [-0.2, -0.15) is 0 Å². The van der Waals surface area contributed by atoms with Gasteiger partial charge in [-0.05, 0) is 49.9 Å². The minimum atomic E-state index is -1.19. The van der Waals surface area contributed by atoms with E-state index in [1.54, 1.807) is 24.5 Å². The number of halogens is 1. The minimum Gasteiger partial charge on any atom is -0.494 e. The Labute approximate surface area is 188 Å². The van der Waals surface area contributed by atoms with E-state index in [4.69, 9.17) is 4.74 Å². The number of methoxy groups -OCH3 is 1. The van der Waals surface area contributed by atoms with E-state index >= 15 is 0 Å². The van der Waals surface area contributed by atoms with Crippen LogP contribution in [0.5, 0.6) is 5.75 Å².